The van der Waals surface area contributed by atoms with Gasteiger partial charge in [0.25, 0.3) is 0 Å². The van der Waals surface area contributed by atoms with Gasteiger partial charge in [-0.1, -0.05) is 30.3 Å². The monoisotopic (exact) mass is 340 g/mol. The van der Waals surface area contributed by atoms with Gasteiger partial charge in [-0.2, -0.15) is 0 Å². The van der Waals surface area contributed by atoms with E-state index in [1.165, 1.54) is 0 Å². The molecule has 2 nitrogen and oxygen atoms in total. The quantitative estimate of drug-likeness (QED) is 0.787. The van der Waals surface area contributed by atoms with Gasteiger partial charge in [0.15, 0.2) is 11.5 Å². The van der Waals surface area contributed by atoms with E-state index in [0.29, 0.717) is 6.61 Å². The Bertz CT molecular complexity index is 483. The second kappa shape index (κ2) is 5.91. The highest BCUT2D eigenvalue weighted by Gasteiger charge is 2.04. The Morgan fingerprint density at radius 2 is 1.76 bits per heavy atom. The normalized spacial score (nSPS) is 10.0. The molecule has 0 aliphatic heterocycles. The Morgan fingerprint density at radius 1 is 1.00 bits per heavy atom. The predicted octanol–water partition coefficient (Wildman–Crippen LogP) is 3.88. The fourth-order valence-corrected chi connectivity index (χ4v) is 1.96. The highest BCUT2D eigenvalue weighted by atomic mass is 127. The number of rotatable bonds is 4. The van der Waals surface area contributed by atoms with Crippen LogP contribution in [0.1, 0.15) is 5.56 Å². The van der Waals surface area contributed by atoms with E-state index in [4.69, 9.17) is 9.47 Å². The van der Waals surface area contributed by atoms with E-state index in [0.717, 1.165) is 20.6 Å². The van der Waals surface area contributed by atoms with Crippen LogP contribution in [0.25, 0.3) is 0 Å². The van der Waals surface area contributed by atoms with Crippen molar-refractivity contribution in [1.29, 1.82) is 0 Å². The van der Waals surface area contributed by atoms with Crippen LogP contribution >= 0.6 is 22.6 Å². The zero-order valence-corrected chi connectivity index (χ0v) is 11.7. The number of benzene rings is 2. The molecular formula is C14H13IO2. The summed E-state index contributed by atoms with van der Waals surface area (Å²) in [4.78, 5) is 0. The predicted molar refractivity (Wildman–Crippen MR) is 76.5 cm³/mol. The van der Waals surface area contributed by atoms with Crippen LogP contribution in [0.4, 0.5) is 0 Å². The largest absolute Gasteiger partial charge is 0.493 e. The lowest BCUT2D eigenvalue weighted by atomic mass is 10.2. The lowest BCUT2D eigenvalue weighted by Crippen LogP contribution is -1.97. The molecule has 0 saturated carbocycles. The van der Waals surface area contributed by atoms with Crippen molar-refractivity contribution in [2.24, 2.45) is 0 Å². The number of methoxy groups -OCH3 is 1. The van der Waals surface area contributed by atoms with Gasteiger partial charge in [0, 0.05) is 3.57 Å². The van der Waals surface area contributed by atoms with E-state index in [-0.39, 0.29) is 0 Å². The molecule has 0 heterocycles. The molecule has 2 rings (SSSR count). The van der Waals surface area contributed by atoms with Crippen LogP contribution in [0.2, 0.25) is 0 Å². The van der Waals surface area contributed by atoms with Gasteiger partial charge in [0.05, 0.1) is 7.11 Å². The summed E-state index contributed by atoms with van der Waals surface area (Å²) in [7, 11) is 1.65. The summed E-state index contributed by atoms with van der Waals surface area (Å²) in [6, 6.07) is 16.0. The SMILES string of the molecule is COc1ccc(I)cc1OCc1ccccc1. The van der Waals surface area contributed by atoms with Crippen LogP contribution in [0.5, 0.6) is 11.5 Å². The lowest BCUT2D eigenvalue weighted by Gasteiger charge is -2.10. The molecule has 0 atom stereocenters. The van der Waals surface area contributed by atoms with Gasteiger partial charge < -0.3 is 9.47 Å². The van der Waals surface area contributed by atoms with E-state index in [1.54, 1.807) is 7.11 Å². The first-order chi connectivity index (χ1) is 8.29. The number of hydrogen-bond donors (Lipinski definition) is 0. The van der Waals surface area contributed by atoms with Crippen molar-refractivity contribution >= 4 is 22.6 Å². The molecule has 0 aromatic heterocycles. The smallest absolute Gasteiger partial charge is 0.162 e. The molecule has 3 heteroatoms. The summed E-state index contributed by atoms with van der Waals surface area (Å²) < 4.78 is 12.2. The van der Waals surface area contributed by atoms with Crippen molar-refractivity contribution in [3.63, 3.8) is 0 Å². The maximum atomic E-state index is 5.77. The Hall–Kier alpha value is -1.23. The van der Waals surface area contributed by atoms with Crippen molar-refractivity contribution < 1.29 is 9.47 Å². The third-order valence-electron chi connectivity index (χ3n) is 2.36. The standard InChI is InChI=1S/C14H13IO2/c1-16-13-8-7-12(15)9-14(13)17-10-11-5-3-2-4-6-11/h2-9H,10H2,1H3. The van der Waals surface area contributed by atoms with Crippen LogP contribution in [0, 0.1) is 3.57 Å². The van der Waals surface area contributed by atoms with Gasteiger partial charge >= 0.3 is 0 Å². The summed E-state index contributed by atoms with van der Waals surface area (Å²) in [6.07, 6.45) is 0. The maximum Gasteiger partial charge on any atom is 0.162 e. The molecule has 0 aliphatic carbocycles. The molecule has 0 amide bonds. The minimum absolute atomic E-state index is 0.553. The molecule has 0 fully saturated rings. The molecule has 17 heavy (non-hydrogen) atoms. The molecule has 0 radical (unpaired) electrons. The van der Waals surface area contributed by atoms with Crippen molar-refractivity contribution in [2.75, 3.05) is 7.11 Å². The third-order valence-corrected chi connectivity index (χ3v) is 3.03. The molecule has 0 spiro atoms. The van der Waals surface area contributed by atoms with Gasteiger partial charge in [-0.25, -0.2) is 0 Å². The van der Waals surface area contributed by atoms with Crippen molar-refractivity contribution in [2.45, 2.75) is 6.61 Å². The molecule has 88 valence electrons. The van der Waals surface area contributed by atoms with Gasteiger partial charge in [-0.05, 0) is 46.4 Å². The van der Waals surface area contributed by atoms with E-state index in [1.807, 2.05) is 48.5 Å². The number of hydrogen-bond acceptors (Lipinski definition) is 2. The first-order valence-electron chi connectivity index (χ1n) is 5.30. The zero-order chi connectivity index (χ0) is 12.1. The van der Waals surface area contributed by atoms with Crippen LogP contribution in [-0.2, 0) is 6.61 Å². The Morgan fingerprint density at radius 3 is 2.47 bits per heavy atom. The lowest BCUT2D eigenvalue weighted by molar-refractivity contribution is 0.284. The van der Waals surface area contributed by atoms with Crippen LogP contribution in [0.3, 0.4) is 0 Å². The van der Waals surface area contributed by atoms with Crippen LogP contribution in [0.15, 0.2) is 48.5 Å². The molecule has 0 unspecified atom stereocenters. The maximum absolute atomic E-state index is 5.77. The average molecular weight is 340 g/mol. The first-order valence-corrected chi connectivity index (χ1v) is 6.38. The fraction of sp³-hybridized carbons (Fsp3) is 0.143. The Balaban J connectivity index is 2.11. The summed E-state index contributed by atoms with van der Waals surface area (Å²) in [5.74, 6) is 1.55. The number of halogens is 1. The van der Waals surface area contributed by atoms with Gasteiger partial charge in [0.1, 0.15) is 6.61 Å². The van der Waals surface area contributed by atoms with Crippen LogP contribution < -0.4 is 9.47 Å². The van der Waals surface area contributed by atoms with Crippen molar-refractivity contribution in [1.82, 2.24) is 0 Å². The van der Waals surface area contributed by atoms with Crippen molar-refractivity contribution in [3.8, 4) is 11.5 Å². The van der Waals surface area contributed by atoms with E-state index < -0.39 is 0 Å². The highest BCUT2D eigenvalue weighted by molar-refractivity contribution is 14.1. The van der Waals surface area contributed by atoms with E-state index >= 15 is 0 Å². The van der Waals surface area contributed by atoms with E-state index in [9.17, 15) is 0 Å². The van der Waals surface area contributed by atoms with Gasteiger partial charge in [0.2, 0.25) is 0 Å². The summed E-state index contributed by atoms with van der Waals surface area (Å²) in [5, 5.41) is 0. The summed E-state index contributed by atoms with van der Waals surface area (Å²) in [6.45, 7) is 0.553. The topological polar surface area (TPSA) is 18.5 Å². The molecular weight excluding hydrogens is 327 g/mol. The zero-order valence-electron chi connectivity index (χ0n) is 9.52. The van der Waals surface area contributed by atoms with Gasteiger partial charge in [-0.3, -0.25) is 0 Å². The molecule has 2 aromatic rings. The minimum atomic E-state index is 0.553. The number of ether oxygens (including phenoxy) is 2. The third kappa shape index (κ3) is 3.36. The molecule has 0 saturated heterocycles. The first kappa shape index (κ1) is 12.2. The summed E-state index contributed by atoms with van der Waals surface area (Å²) in [5.41, 5.74) is 1.15. The molecule has 0 aliphatic rings. The minimum Gasteiger partial charge on any atom is -0.493 e. The van der Waals surface area contributed by atoms with Crippen molar-refractivity contribution in [3.05, 3.63) is 57.7 Å². The average Bonchev–Trinajstić information content (AvgIpc) is 2.38. The second-order valence-electron chi connectivity index (χ2n) is 3.57. The molecule has 2 aromatic carbocycles. The summed E-state index contributed by atoms with van der Waals surface area (Å²) >= 11 is 2.26. The second-order valence-corrected chi connectivity index (χ2v) is 4.82. The van der Waals surface area contributed by atoms with Gasteiger partial charge in [-0.15, -0.1) is 0 Å². The highest BCUT2D eigenvalue weighted by Crippen LogP contribution is 2.29. The fourth-order valence-electron chi connectivity index (χ4n) is 1.50. The molecule has 0 bridgehead atoms. The van der Waals surface area contributed by atoms with Crippen LogP contribution in [-0.4, -0.2) is 7.11 Å². The van der Waals surface area contributed by atoms with E-state index in [2.05, 4.69) is 22.6 Å². The Kier molecular flexibility index (Phi) is 4.25. The Labute approximate surface area is 115 Å². The molecule has 0 N–H and O–H groups in total.